The largest absolute Gasteiger partial charge is 0.467 e. The Hall–Kier alpha value is -3.09. The first-order chi connectivity index (χ1) is 20.7. The van der Waals surface area contributed by atoms with Crippen LogP contribution in [0.1, 0.15) is 66.2 Å². The number of allylic oxidation sites excluding steroid dienone is 3. The van der Waals surface area contributed by atoms with E-state index in [-0.39, 0.29) is 31.6 Å². The molecular formula is C32H40O12. The molecule has 0 amide bonds. The number of hydrogen-bond acceptors (Lipinski definition) is 12. The Labute approximate surface area is 255 Å². The quantitative estimate of drug-likeness (QED) is 0.241. The Morgan fingerprint density at radius 2 is 1.82 bits per heavy atom. The van der Waals surface area contributed by atoms with Crippen LogP contribution in [0.5, 0.6) is 0 Å². The highest BCUT2D eigenvalue weighted by Crippen LogP contribution is 2.72. The van der Waals surface area contributed by atoms with Gasteiger partial charge in [-0.15, -0.1) is 0 Å². The van der Waals surface area contributed by atoms with Crippen molar-refractivity contribution in [3.05, 3.63) is 23.0 Å². The lowest BCUT2D eigenvalue weighted by molar-refractivity contribution is -0.290. The van der Waals surface area contributed by atoms with Crippen molar-refractivity contribution in [3.63, 3.8) is 0 Å². The predicted molar refractivity (Wildman–Crippen MR) is 148 cm³/mol. The first kappa shape index (κ1) is 30.9. The summed E-state index contributed by atoms with van der Waals surface area (Å²) in [6.07, 6.45) is -1.84. The van der Waals surface area contributed by atoms with Gasteiger partial charge in [-0.3, -0.25) is 9.59 Å². The fraction of sp³-hybridized carbons (Fsp3) is 0.719. The lowest BCUT2D eigenvalue weighted by Gasteiger charge is -2.67. The summed E-state index contributed by atoms with van der Waals surface area (Å²) in [5.74, 6) is -5.96. The Bertz CT molecular complexity index is 1370. The Kier molecular flexibility index (Phi) is 7.37. The second kappa shape index (κ2) is 10.5. The smallest absolute Gasteiger partial charge is 0.348 e. The third-order valence-corrected chi connectivity index (χ3v) is 11.1. The van der Waals surface area contributed by atoms with Gasteiger partial charge in [-0.25, -0.2) is 14.4 Å². The average Bonchev–Trinajstić information content (AvgIpc) is 3.73. The summed E-state index contributed by atoms with van der Waals surface area (Å²) in [6, 6.07) is 0. The van der Waals surface area contributed by atoms with Crippen LogP contribution in [0.4, 0.5) is 0 Å². The first-order valence-corrected chi connectivity index (χ1v) is 15.3. The van der Waals surface area contributed by atoms with E-state index in [9.17, 15) is 34.2 Å². The van der Waals surface area contributed by atoms with E-state index >= 15 is 0 Å². The molecule has 2 unspecified atom stereocenters. The van der Waals surface area contributed by atoms with Gasteiger partial charge >= 0.3 is 23.9 Å². The molecule has 12 heteroatoms. The third kappa shape index (κ3) is 4.23. The number of carbonyl (C=O) groups is 5. The van der Waals surface area contributed by atoms with Crippen LogP contribution in [-0.2, 0) is 47.7 Å². The molecule has 0 aromatic rings. The molecule has 12 nitrogen and oxygen atoms in total. The summed E-state index contributed by atoms with van der Waals surface area (Å²) in [6.45, 7) is 6.62. The van der Waals surface area contributed by atoms with Crippen LogP contribution in [0.15, 0.2) is 23.0 Å². The number of ketones is 1. The highest BCUT2D eigenvalue weighted by molar-refractivity contribution is 5.98. The van der Waals surface area contributed by atoms with Crippen molar-refractivity contribution in [2.24, 2.45) is 34.5 Å². The number of ether oxygens (including phenoxy) is 5. The molecule has 1 spiro atoms. The maximum Gasteiger partial charge on any atom is 0.348 e. The second-order valence-electron chi connectivity index (χ2n) is 13.9. The molecule has 2 aliphatic heterocycles. The van der Waals surface area contributed by atoms with Gasteiger partial charge < -0.3 is 33.9 Å². The SMILES string of the molecule is COC(=O)[C@@]12OC[C@]34C([C@@H](O)[C@@H]1O)[C@@]1(C)CC(=O)C(OC(=O)CCC5CC5)=C(C)C1C[C@H]3OC(=O)[C@H](OC(=O)C=C(C)C)[C@@H]24. The van der Waals surface area contributed by atoms with Crippen molar-refractivity contribution in [3.8, 4) is 0 Å². The molecule has 44 heavy (non-hydrogen) atoms. The van der Waals surface area contributed by atoms with E-state index in [2.05, 4.69) is 0 Å². The molecular weight excluding hydrogens is 576 g/mol. The van der Waals surface area contributed by atoms with Crippen LogP contribution < -0.4 is 0 Å². The summed E-state index contributed by atoms with van der Waals surface area (Å²) in [7, 11) is 1.10. The number of carbonyl (C=O) groups excluding carboxylic acids is 5. The van der Waals surface area contributed by atoms with Crippen molar-refractivity contribution in [1.82, 2.24) is 0 Å². The van der Waals surface area contributed by atoms with E-state index < -0.39 is 88.3 Å². The maximum atomic E-state index is 13.7. The molecule has 0 radical (unpaired) electrons. The number of aliphatic hydroxyl groups excluding tert-OH is 2. The Balaban J connectivity index is 1.45. The fourth-order valence-corrected chi connectivity index (χ4v) is 9.27. The summed E-state index contributed by atoms with van der Waals surface area (Å²) in [5.41, 5.74) is -3.52. The molecule has 10 atom stereocenters. The molecule has 5 fully saturated rings. The highest BCUT2D eigenvalue weighted by Gasteiger charge is 2.85. The van der Waals surface area contributed by atoms with E-state index in [0.717, 1.165) is 20.0 Å². The highest BCUT2D eigenvalue weighted by atomic mass is 16.6. The zero-order chi connectivity index (χ0) is 31.9. The zero-order valence-corrected chi connectivity index (χ0v) is 25.6. The summed E-state index contributed by atoms with van der Waals surface area (Å²) < 4.78 is 28.4. The van der Waals surface area contributed by atoms with Crippen LogP contribution in [0.25, 0.3) is 0 Å². The van der Waals surface area contributed by atoms with E-state index in [1.165, 1.54) is 6.08 Å². The van der Waals surface area contributed by atoms with Crippen LogP contribution in [0.3, 0.4) is 0 Å². The van der Waals surface area contributed by atoms with Gasteiger partial charge in [-0.2, -0.15) is 0 Å². The summed E-state index contributed by atoms with van der Waals surface area (Å²) in [4.78, 5) is 66.3. The minimum absolute atomic E-state index is 0.0335. The number of fused-ring (bicyclic) bond motifs is 2. The van der Waals surface area contributed by atoms with Gasteiger partial charge in [0.2, 0.25) is 11.7 Å². The summed E-state index contributed by atoms with van der Waals surface area (Å²) in [5, 5.41) is 23.6. The lowest BCUT2D eigenvalue weighted by atomic mass is 9.38. The number of hydrogen-bond donors (Lipinski definition) is 2. The number of Topliss-reactive ketones (excluding diaryl/α,β-unsaturated/α-hetero) is 1. The molecule has 0 aromatic heterocycles. The van der Waals surface area contributed by atoms with E-state index in [0.29, 0.717) is 23.5 Å². The van der Waals surface area contributed by atoms with Gasteiger partial charge in [-0.05, 0) is 56.4 Å². The minimum atomic E-state index is -2.24. The van der Waals surface area contributed by atoms with Crippen molar-refractivity contribution in [2.75, 3.05) is 13.7 Å². The maximum absolute atomic E-state index is 13.7. The molecule has 2 N–H and O–H groups in total. The van der Waals surface area contributed by atoms with Gasteiger partial charge in [0.15, 0.2) is 11.5 Å². The van der Waals surface area contributed by atoms with Crippen molar-refractivity contribution >= 4 is 29.7 Å². The number of esters is 4. The molecule has 2 bridgehead atoms. The van der Waals surface area contributed by atoms with Gasteiger partial charge in [-0.1, -0.05) is 25.3 Å². The topological polar surface area (TPSA) is 172 Å². The average molecular weight is 617 g/mol. The van der Waals surface area contributed by atoms with Crippen molar-refractivity contribution in [2.45, 2.75) is 96.2 Å². The van der Waals surface area contributed by atoms with E-state index in [1.807, 2.05) is 6.92 Å². The number of methoxy groups -OCH3 is 1. The van der Waals surface area contributed by atoms with E-state index in [4.69, 9.17) is 23.7 Å². The van der Waals surface area contributed by atoms with Crippen molar-refractivity contribution in [1.29, 1.82) is 0 Å². The molecule has 6 aliphatic rings. The molecule has 2 heterocycles. The summed E-state index contributed by atoms with van der Waals surface area (Å²) >= 11 is 0. The van der Waals surface area contributed by atoms with Crippen LogP contribution in [0.2, 0.25) is 0 Å². The standard InChI is InChI=1S/C32H40O12/c1-14(2)10-21(35)44-24-26-31-13-41-32(26,29(39)40-5)27(37)22(36)25(31)30(4)12-18(33)23(43-20(34)9-8-16-6-7-16)15(3)17(30)11-19(31)42-28(24)38/h10,16-17,19,22,24-27,36-37H,6-9,11-13H2,1-5H3/t17?,19-,22-,24-,25?,26-,27+,30+,31-,32+/m1/s1. The van der Waals surface area contributed by atoms with Gasteiger partial charge in [0.1, 0.15) is 12.2 Å². The Morgan fingerprint density at radius 1 is 1.11 bits per heavy atom. The van der Waals surface area contributed by atoms with Crippen LogP contribution >= 0.6 is 0 Å². The molecule has 3 saturated carbocycles. The molecule has 4 aliphatic carbocycles. The van der Waals surface area contributed by atoms with Crippen molar-refractivity contribution < 1.29 is 57.9 Å². The van der Waals surface area contributed by atoms with E-state index in [1.54, 1.807) is 20.8 Å². The van der Waals surface area contributed by atoms with Gasteiger partial charge in [0.25, 0.3) is 0 Å². The minimum Gasteiger partial charge on any atom is -0.467 e. The normalized spacial score (nSPS) is 42.0. The molecule has 240 valence electrons. The zero-order valence-electron chi connectivity index (χ0n) is 25.6. The van der Waals surface area contributed by atoms with Gasteiger partial charge in [0, 0.05) is 30.3 Å². The number of aliphatic hydroxyl groups is 2. The molecule has 0 aromatic carbocycles. The van der Waals surface area contributed by atoms with Crippen LogP contribution in [0, 0.1) is 34.5 Å². The van der Waals surface area contributed by atoms with Crippen LogP contribution in [-0.4, -0.2) is 83.6 Å². The molecule has 2 saturated heterocycles. The number of rotatable bonds is 7. The third-order valence-electron chi connectivity index (χ3n) is 11.1. The van der Waals surface area contributed by atoms with Gasteiger partial charge in [0.05, 0.1) is 25.7 Å². The Morgan fingerprint density at radius 3 is 2.45 bits per heavy atom. The monoisotopic (exact) mass is 616 g/mol. The first-order valence-electron chi connectivity index (χ1n) is 15.3. The second-order valence-corrected chi connectivity index (χ2v) is 13.9. The molecule has 6 rings (SSSR count). The predicted octanol–water partition coefficient (Wildman–Crippen LogP) is 1.69. The fourth-order valence-electron chi connectivity index (χ4n) is 9.27. The lowest BCUT2D eigenvalue weighted by Crippen LogP contribution is -2.79.